The summed E-state index contributed by atoms with van der Waals surface area (Å²) in [5.41, 5.74) is 2.77. The Morgan fingerprint density at radius 2 is 2.04 bits per heavy atom. The number of aryl methyl sites for hydroxylation is 1. The number of hydrogen-bond acceptors (Lipinski definition) is 4. The fraction of sp³-hybridized carbons (Fsp3) is 0.238. The second-order valence-corrected chi connectivity index (χ2v) is 5.85. The van der Waals surface area contributed by atoms with E-state index < -0.39 is 0 Å². The van der Waals surface area contributed by atoms with E-state index in [1.54, 1.807) is 12.5 Å². The summed E-state index contributed by atoms with van der Waals surface area (Å²) in [6.45, 7) is 3.02. The van der Waals surface area contributed by atoms with Crippen molar-refractivity contribution in [3.8, 4) is 17.2 Å². The first-order valence-corrected chi connectivity index (χ1v) is 8.72. The number of furan rings is 1. The van der Waals surface area contributed by atoms with Crippen LogP contribution in [0.1, 0.15) is 24.5 Å². The van der Waals surface area contributed by atoms with Crippen LogP contribution in [0.4, 0.5) is 0 Å². The number of para-hydroxylation sites is 1. The third kappa shape index (κ3) is 4.72. The summed E-state index contributed by atoms with van der Waals surface area (Å²) in [5, 5.41) is 2.93. The number of amides is 1. The van der Waals surface area contributed by atoms with Crippen LogP contribution in [0.2, 0.25) is 0 Å². The molecule has 0 atom stereocenters. The fourth-order valence-corrected chi connectivity index (χ4v) is 2.64. The average Bonchev–Trinajstić information content (AvgIpc) is 3.21. The highest BCUT2D eigenvalue weighted by Gasteiger charge is 2.07. The molecule has 0 aliphatic rings. The number of pyridine rings is 1. The highest BCUT2D eigenvalue weighted by atomic mass is 16.5. The molecule has 0 radical (unpaired) electrons. The fourth-order valence-electron chi connectivity index (χ4n) is 2.64. The number of carbonyl (C=O) groups is 1. The van der Waals surface area contributed by atoms with Crippen LogP contribution >= 0.6 is 0 Å². The van der Waals surface area contributed by atoms with Gasteiger partial charge in [0.1, 0.15) is 11.4 Å². The van der Waals surface area contributed by atoms with Gasteiger partial charge < -0.3 is 14.5 Å². The van der Waals surface area contributed by atoms with Gasteiger partial charge >= 0.3 is 0 Å². The summed E-state index contributed by atoms with van der Waals surface area (Å²) < 4.78 is 10.9. The van der Waals surface area contributed by atoms with Crippen LogP contribution in [0.3, 0.4) is 0 Å². The minimum absolute atomic E-state index is 0.00594. The lowest BCUT2D eigenvalue weighted by Gasteiger charge is -2.10. The predicted molar refractivity (Wildman–Crippen MR) is 99.7 cm³/mol. The van der Waals surface area contributed by atoms with Crippen LogP contribution in [-0.2, 0) is 17.8 Å². The van der Waals surface area contributed by atoms with Crippen LogP contribution < -0.4 is 10.1 Å². The normalized spacial score (nSPS) is 10.5. The van der Waals surface area contributed by atoms with Crippen molar-refractivity contribution in [3.05, 3.63) is 72.1 Å². The summed E-state index contributed by atoms with van der Waals surface area (Å²) in [6, 6.07) is 15.3. The molecule has 0 bridgehead atoms. The zero-order valence-electron chi connectivity index (χ0n) is 14.8. The molecule has 0 spiro atoms. The molecule has 0 aliphatic heterocycles. The molecule has 0 aliphatic carbocycles. The van der Waals surface area contributed by atoms with E-state index in [-0.39, 0.29) is 5.91 Å². The number of nitrogens with one attached hydrogen (secondary N) is 1. The highest BCUT2D eigenvalue weighted by Crippen LogP contribution is 2.19. The van der Waals surface area contributed by atoms with Gasteiger partial charge in [-0.25, -0.2) is 0 Å². The number of aromatic nitrogens is 1. The first-order valence-electron chi connectivity index (χ1n) is 8.72. The summed E-state index contributed by atoms with van der Waals surface area (Å²) >= 11 is 0. The van der Waals surface area contributed by atoms with Gasteiger partial charge in [-0.15, -0.1) is 0 Å². The molecule has 134 valence electrons. The molecule has 1 aromatic carbocycles. The summed E-state index contributed by atoms with van der Waals surface area (Å²) in [7, 11) is 0. The van der Waals surface area contributed by atoms with E-state index in [0.717, 1.165) is 28.3 Å². The number of benzene rings is 1. The van der Waals surface area contributed by atoms with Crippen molar-refractivity contribution in [2.45, 2.75) is 26.3 Å². The van der Waals surface area contributed by atoms with Gasteiger partial charge in [-0.2, -0.15) is 0 Å². The van der Waals surface area contributed by atoms with E-state index in [1.165, 1.54) is 0 Å². The number of nitrogens with zero attached hydrogens (tertiary/aromatic N) is 1. The van der Waals surface area contributed by atoms with E-state index in [4.69, 9.17) is 9.15 Å². The van der Waals surface area contributed by atoms with E-state index >= 15 is 0 Å². The molecule has 2 heterocycles. The van der Waals surface area contributed by atoms with Crippen LogP contribution in [-0.4, -0.2) is 17.5 Å². The molecule has 1 N–H and O–H groups in total. The molecule has 3 rings (SSSR count). The SMILES string of the molecule is CCOc1ccccc1CCC(=O)NCc1ccc(-c2ccco2)nc1. The topological polar surface area (TPSA) is 64.4 Å². The maximum absolute atomic E-state index is 12.1. The van der Waals surface area contributed by atoms with Crippen molar-refractivity contribution in [2.75, 3.05) is 6.61 Å². The molecule has 0 saturated carbocycles. The Morgan fingerprint density at radius 3 is 2.77 bits per heavy atom. The third-order valence-corrected chi connectivity index (χ3v) is 3.98. The minimum Gasteiger partial charge on any atom is -0.494 e. The molecule has 0 fully saturated rings. The van der Waals surface area contributed by atoms with E-state index in [2.05, 4.69) is 10.3 Å². The van der Waals surface area contributed by atoms with E-state index in [1.807, 2.05) is 55.5 Å². The van der Waals surface area contributed by atoms with Gasteiger partial charge in [0.15, 0.2) is 5.76 Å². The molecule has 5 heteroatoms. The smallest absolute Gasteiger partial charge is 0.220 e. The van der Waals surface area contributed by atoms with Crippen molar-refractivity contribution < 1.29 is 13.9 Å². The molecular weight excluding hydrogens is 328 g/mol. The lowest BCUT2D eigenvalue weighted by Crippen LogP contribution is -2.23. The zero-order chi connectivity index (χ0) is 18.2. The number of rotatable bonds is 8. The first kappa shape index (κ1) is 17.7. The maximum Gasteiger partial charge on any atom is 0.220 e. The van der Waals surface area contributed by atoms with Gasteiger partial charge in [-0.3, -0.25) is 9.78 Å². The largest absolute Gasteiger partial charge is 0.494 e. The number of hydrogen-bond donors (Lipinski definition) is 1. The van der Waals surface area contributed by atoms with E-state index in [9.17, 15) is 4.79 Å². The average molecular weight is 350 g/mol. The van der Waals surface area contributed by atoms with Crippen LogP contribution in [0.5, 0.6) is 5.75 Å². The third-order valence-electron chi connectivity index (χ3n) is 3.98. The second-order valence-electron chi connectivity index (χ2n) is 5.85. The van der Waals surface area contributed by atoms with Crippen molar-refractivity contribution in [1.29, 1.82) is 0 Å². The molecule has 0 saturated heterocycles. The van der Waals surface area contributed by atoms with Gasteiger partial charge in [0.2, 0.25) is 5.91 Å². The Labute approximate surface area is 153 Å². The molecular formula is C21H22N2O3. The Morgan fingerprint density at radius 1 is 1.15 bits per heavy atom. The molecule has 0 unspecified atom stereocenters. The standard InChI is InChI=1S/C21H22N2O3/c1-2-25-19-7-4-3-6-17(19)10-12-21(24)23-15-16-9-11-18(22-14-16)20-8-5-13-26-20/h3-9,11,13-14H,2,10,12,15H2,1H3,(H,23,24). The van der Waals surface area contributed by atoms with Crippen LogP contribution in [0.15, 0.2) is 65.4 Å². The summed E-state index contributed by atoms with van der Waals surface area (Å²) in [4.78, 5) is 16.5. The van der Waals surface area contributed by atoms with Crippen LogP contribution in [0.25, 0.3) is 11.5 Å². The maximum atomic E-state index is 12.1. The second kappa shape index (κ2) is 8.85. The lowest BCUT2D eigenvalue weighted by atomic mass is 10.1. The summed E-state index contributed by atoms with van der Waals surface area (Å²) in [5.74, 6) is 1.58. The van der Waals surface area contributed by atoms with Gasteiger partial charge in [-0.1, -0.05) is 24.3 Å². The van der Waals surface area contributed by atoms with Crippen molar-refractivity contribution in [2.24, 2.45) is 0 Å². The highest BCUT2D eigenvalue weighted by molar-refractivity contribution is 5.76. The Balaban J connectivity index is 1.48. The van der Waals surface area contributed by atoms with Gasteiger partial charge in [-0.05, 0) is 48.7 Å². The monoisotopic (exact) mass is 350 g/mol. The Kier molecular flexibility index (Phi) is 6.04. The summed E-state index contributed by atoms with van der Waals surface area (Å²) in [6.07, 6.45) is 4.44. The Hall–Kier alpha value is -3.08. The quantitative estimate of drug-likeness (QED) is 0.667. The van der Waals surface area contributed by atoms with Gasteiger partial charge in [0, 0.05) is 19.2 Å². The van der Waals surface area contributed by atoms with Crippen molar-refractivity contribution in [3.63, 3.8) is 0 Å². The number of ether oxygens (including phenoxy) is 1. The molecule has 2 aromatic heterocycles. The van der Waals surface area contributed by atoms with Gasteiger partial charge in [0.05, 0.1) is 12.9 Å². The van der Waals surface area contributed by atoms with E-state index in [0.29, 0.717) is 26.0 Å². The first-order chi connectivity index (χ1) is 12.8. The molecule has 26 heavy (non-hydrogen) atoms. The zero-order valence-corrected chi connectivity index (χ0v) is 14.8. The van der Waals surface area contributed by atoms with Crippen molar-refractivity contribution in [1.82, 2.24) is 10.3 Å². The van der Waals surface area contributed by atoms with Crippen molar-refractivity contribution >= 4 is 5.91 Å². The molecule has 1 amide bonds. The molecule has 5 nitrogen and oxygen atoms in total. The number of carbonyl (C=O) groups excluding carboxylic acids is 1. The minimum atomic E-state index is 0.00594. The van der Waals surface area contributed by atoms with Crippen LogP contribution in [0, 0.1) is 0 Å². The Bertz CT molecular complexity index is 827. The molecule has 3 aromatic rings. The lowest BCUT2D eigenvalue weighted by molar-refractivity contribution is -0.121. The van der Waals surface area contributed by atoms with Gasteiger partial charge in [0.25, 0.3) is 0 Å². The predicted octanol–water partition coefficient (Wildman–Crippen LogP) is 3.99.